The van der Waals surface area contributed by atoms with E-state index in [9.17, 15) is 4.57 Å². The zero-order valence-corrected chi connectivity index (χ0v) is 17.0. The normalized spacial score (nSPS) is 11.7. The minimum atomic E-state index is -0.335. The Kier molecular flexibility index (Phi) is 19.6. The van der Waals surface area contributed by atoms with Crippen molar-refractivity contribution in [2.45, 2.75) is 46.2 Å². The van der Waals surface area contributed by atoms with Crippen molar-refractivity contribution >= 4 is 8.69 Å². The van der Waals surface area contributed by atoms with Gasteiger partial charge in [0.05, 0.1) is 0 Å². The summed E-state index contributed by atoms with van der Waals surface area (Å²) < 4.78 is 18.8. The summed E-state index contributed by atoms with van der Waals surface area (Å²) in [6.07, 6.45) is 1.83. The zero-order chi connectivity index (χ0) is 19.6. The van der Waals surface area contributed by atoms with Crippen LogP contribution in [0, 0.1) is 0 Å². The van der Waals surface area contributed by atoms with Gasteiger partial charge in [0.2, 0.25) is 0 Å². The number of ether oxygens (including phenoxy) is 1. The van der Waals surface area contributed by atoms with E-state index in [4.69, 9.17) is 5.73 Å². The van der Waals surface area contributed by atoms with E-state index in [-0.39, 0.29) is 28.2 Å². The van der Waals surface area contributed by atoms with Crippen LogP contribution < -0.4 is 11.2 Å². The van der Waals surface area contributed by atoms with Crippen LogP contribution in [0.2, 0.25) is 0 Å². The van der Waals surface area contributed by atoms with Crippen LogP contribution >= 0.6 is 8.69 Å². The van der Waals surface area contributed by atoms with Crippen LogP contribution in [0.25, 0.3) is 0 Å². The molecule has 0 amide bonds. The van der Waals surface area contributed by atoms with E-state index in [1.807, 2.05) is 62.4 Å². The highest BCUT2D eigenvalue weighted by molar-refractivity contribution is 7.17. The molecule has 0 saturated heterocycles. The van der Waals surface area contributed by atoms with Gasteiger partial charge in [0.25, 0.3) is 0 Å². The molecule has 0 radical (unpaired) electrons. The maximum atomic E-state index is 9.97. The lowest BCUT2D eigenvalue weighted by Crippen LogP contribution is -2.25. The summed E-state index contributed by atoms with van der Waals surface area (Å²) in [5.74, 6) is 0. The predicted molar refractivity (Wildman–Crippen MR) is 115 cm³/mol. The molecule has 3 N–H and O–H groups in total. The molecule has 0 heterocycles. The second-order valence-electron chi connectivity index (χ2n) is 5.95. The summed E-state index contributed by atoms with van der Waals surface area (Å²) in [4.78, 5) is 0. The van der Waals surface area contributed by atoms with Gasteiger partial charge in [0.15, 0.2) is 0 Å². The minimum absolute atomic E-state index is 0. The van der Waals surface area contributed by atoms with Crippen LogP contribution in [0.1, 0.15) is 32.4 Å². The van der Waals surface area contributed by atoms with E-state index in [0.29, 0.717) is 0 Å². The molecule has 2 atom stereocenters. The van der Waals surface area contributed by atoms with Gasteiger partial charge in [-0.2, -0.15) is 5.48 Å². The van der Waals surface area contributed by atoms with Gasteiger partial charge >= 0.3 is 8.69 Å². The van der Waals surface area contributed by atoms with Crippen LogP contribution in [-0.4, -0.2) is 26.3 Å². The second-order valence-corrected chi connectivity index (χ2v) is 6.28. The van der Waals surface area contributed by atoms with E-state index in [1.165, 1.54) is 11.1 Å². The Labute approximate surface area is 166 Å². The lowest BCUT2D eigenvalue weighted by molar-refractivity contribution is 0.182. The van der Waals surface area contributed by atoms with Gasteiger partial charge < -0.3 is 10.5 Å². The van der Waals surface area contributed by atoms with Crippen molar-refractivity contribution in [3.8, 4) is 0 Å². The van der Waals surface area contributed by atoms with Gasteiger partial charge in [-0.1, -0.05) is 68.1 Å². The molecule has 0 unspecified atom stereocenters. The van der Waals surface area contributed by atoms with E-state index in [2.05, 4.69) is 27.0 Å². The second kappa shape index (κ2) is 19.2. The lowest BCUT2D eigenvalue weighted by Gasteiger charge is -2.09. The largest absolute Gasteiger partial charge is 0.388 e. The van der Waals surface area contributed by atoms with Crippen LogP contribution in [0.5, 0.6) is 0 Å². The fraction of sp³-hybridized carbons (Fsp3) is 0.429. The molecule has 0 bridgehead atoms. The molecule has 0 saturated carbocycles. The molecule has 27 heavy (non-hydrogen) atoms. The highest BCUT2D eigenvalue weighted by atomic mass is 31.1. The Morgan fingerprint density at radius 3 is 1.70 bits per heavy atom. The maximum Gasteiger partial charge on any atom is 0.346 e. The standard InChI is InChI=1S/C9H12NO2P.C9H13N.C2H6O.CH4/c1-8(10-12-13-11)7-9-5-3-2-4-6-9;1-8(10)7-9-5-3-2-4-6-9;1-3-2;/h2-6,8,10H,7H2,1H3;2-6,8H,7,10H2,1H3;1-2H3;1H4/t2*8-;;/m00../s1. The van der Waals surface area contributed by atoms with E-state index >= 15 is 0 Å². The Bertz CT molecular complexity index is 554. The molecule has 2 rings (SSSR count). The Hall–Kier alpha value is -1.62. The number of hydrogen-bond donors (Lipinski definition) is 2. The molecule has 0 aliphatic rings. The van der Waals surface area contributed by atoms with Gasteiger partial charge in [-0.25, -0.2) is 9.19 Å². The topological polar surface area (TPSA) is 73.6 Å². The molecule has 0 fully saturated rings. The zero-order valence-electron chi connectivity index (χ0n) is 16.1. The van der Waals surface area contributed by atoms with Gasteiger partial charge in [0, 0.05) is 26.3 Å². The molecule has 6 heteroatoms. The number of hydrogen-bond acceptors (Lipinski definition) is 5. The molecular weight excluding hydrogens is 359 g/mol. The minimum Gasteiger partial charge on any atom is -0.388 e. The summed E-state index contributed by atoms with van der Waals surface area (Å²) >= 11 is 0. The summed E-state index contributed by atoms with van der Waals surface area (Å²) in [5.41, 5.74) is 10.8. The Balaban J connectivity index is 0. The third kappa shape index (κ3) is 17.5. The van der Waals surface area contributed by atoms with E-state index in [0.717, 1.165) is 12.8 Å². The number of nitrogens with one attached hydrogen (secondary N) is 1. The number of methoxy groups -OCH3 is 1. The first-order valence-corrected chi connectivity index (χ1v) is 9.24. The molecule has 0 spiro atoms. The summed E-state index contributed by atoms with van der Waals surface area (Å²) in [5, 5.41) is 0. The molecule has 0 aliphatic carbocycles. The highest BCUT2D eigenvalue weighted by Gasteiger charge is 2.01. The summed E-state index contributed by atoms with van der Waals surface area (Å²) in [6.45, 7) is 3.99. The van der Waals surface area contributed by atoms with Crippen molar-refractivity contribution in [2.24, 2.45) is 5.73 Å². The lowest BCUT2D eigenvalue weighted by atomic mass is 10.1. The highest BCUT2D eigenvalue weighted by Crippen LogP contribution is 2.03. The Morgan fingerprint density at radius 2 is 1.33 bits per heavy atom. The Morgan fingerprint density at radius 1 is 0.926 bits per heavy atom. The predicted octanol–water partition coefficient (Wildman–Crippen LogP) is 4.82. The van der Waals surface area contributed by atoms with Crippen molar-refractivity contribution in [1.29, 1.82) is 0 Å². The first kappa shape index (κ1) is 27.6. The number of rotatable bonds is 7. The number of hydroxylamine groups is 1. The molecule has 5 nitrogen and oxygen atoms in total. The number of benzene rings is 2. The van der Waals surface area contributed by atoms with Gasteiger partial charge in [-0.05, 0) is 37.8 Å². The van der Waals surface area contributed by atoms with Crippen molar-refractivity contribution in [1.82, 2.24) is 5.48 Å². The molecule has 2 aromatic rings. The van der Waals surface area contributed by atoms with Gasteiger partial charge in [-0.15, -0.1) is 0 Å². The van der Waals surface area contributed by atoms with E-state index in [1.54, 1.807) is 14.2 Å². The average molecular weight is 394 g/mol. The molecule has 0 aromatic heterocycles. The average Bonchev–Trinajstić information content (AvgIpc) is 2.62. The van der Waals surface area contributed by atoms with Crippen molar-refractivity contribution < 1.29 is 13.9 Å². The monoisotopic (exact) mass is 394 g/mol. The fourth-order valence-corrected chi connectivity index (χ4v) is 2.33. The molecule has 2 aromatic carbocycles. The molecular formula is C21H35N2O3P. The van der Waals surface area contributed by atoms with Crippen LogP contribution in [-0.2, 0) is 26.8 Å². The smallest absolute Gasteiger partial charge is 0.346 e. The first-order valence-electron chi connectivity index (χ1n) is 8.51. The van der Waals surface area contributed by atoms with Crippen molar-refractivity contribution in [2.75, 3.05) is 14.2 Å². The van der Waals surface area contributed by atoms with Crippen LogP contribution in [0.4, 0.5) is 0 Å². The third-order valence-corrected chi connectivity index (χ3v) is 3.26. The van der Waals surface area contributed by atoms with Crippen LogP contribution in [0.3, 0.4) is 0 Å². The summed E-state index contributed by atoms with van der Waals surface area (Å²) in [6, 6.07) is 20.8. The van der Waals surface area contributed by atoms with Crippen LogP contribution in [0.15, 0.2) is 60.7 Å². The van der Waals surface area contributed by atoms with Crippen molar-refractivity contribution in [3.63, 3.8) is 0 Å². The van der Waals surface area contributed by atoms with Crippen molar-refractivity contribution in [3.05, 3.63) is 71.8 Å². The molecule has 0 aliphatic heterocycles. The maximum absolute atomic E-state index is 9.97. The van der Waals surface area contributed by atoms with Gasteiger partial charge in [0.1, 0.15) is 0 Å². The third-order valence-electron chi connectivity index (χ3n) is 3.08. The summed E-state index contributed by atoms with van der Waals surface area (Å²) in [7, 11) is 2.91. The molecule has 152 valence electrons. The number of nitrogens with two attached hydrogens (primary N) is 1. The first-order chi connectivity index (χ1) is 12.5. The quantitative estimate of drug-likeness (QED) is 0.520. The van der Waals surface area contributed by atoms with E-state index < -0.39 is 0 Å². The SMILES string of the molecule is C.COC.C[C@@H](Cc1ccccc1)NOP=O.C[C@H](N)Cc1ccccc1. The fourth-order valence-electron chi connectivity index (χ4n) is 2.11. The van der Waals surface area contributed by atoms with Gasteiger partial charge in [-0.3, -0.25) is 0 Å².